The molecule has 0 amide bonds. The van der Waals surface area contributed by atoms with Gasteiger partial charge in [-0.1, -0.05) is 25.7 Å². The molecule has 0 saturated heterocycles. The summed E-state index contributed by atoms with van der Waals surface area (Å²) in [5.41, 5.74) is 0. The maximum Gasteiger partial charge on any atom is 0.345 e. The van der Waals surface area contributed by atoms with Crippen LogP contribution in [0, 0.1) is 11.8 Å². The lowest BCUT2D eigenvalue weighted by atomic mass is 9.86. The molecule has 26 heavy (non-hydrogen) atoms. The van der Waals surface area contributed by atoms with Gasteiger partial charge in [-0.05, 0) is 62.5 Å². The molecule has 0 unspecified atom stereocenters. The van der Waals surface area contributed by atoms with E-state index in [0.717, 1.165) is 62.7 Å². The first-order valence-corrected chi connectivity index (χ1v) is 11.0. The largest absolute Gasteiger partial charge is 0.477 e. The SMILES string of the molecule is O=C(O)c1ccc(CCC[C@@H]2[C@@H](CCCCCCCO)[C@H](O)C[C@H]2Cl)s1. The van der Waals surface area contributed by atoms with Gasteiger partial charge >= 0.3 is 5.97 Å². The van der Waals surface area contributed by atoms with Crippen molar-refractivity contribution in [2.75, 3.05) is 6.61 Å². The van der Waals surface area contributed by atoms with Gasteiger partial charge in [0.25, 0.3) is 0 Å². The topological polar surface area (TPSA) is 77.8 Å². The fraction of sp³-hybridized carbons (Fsp3) is 0.750. The molecule has 1 heterocycles. The molecule has 1 aromatic heterocycles. The number of aromatic carboxylic acids is 1. The molecule has 1 aromatic rings. The van der Waals surface area contributed by atoms with Gasteiger partial charge in [0.2, 0.25) is 0 Å². The van der Waals surface area contributed by atoms with Crippen LogP contribution in [0.1, 0.15) is 72.3 Å². The van der Waals surface area contributed by atoms with Gasteiger partial charge < -0.3 is 15.3 Å². The Kier molecular flexibility index (Phi) is 9.40. The zero-order valence-electron chi connectivity index (χ0n) is 15.3. The highest BCUT2D eigenvalue weighted by atomic mass is 35.5. The van der Waals surface area contributed by atoms with E-state index in [9.17, 15) is 9.90 Å². The number of unbranched alkanes of at least 4 members (excludes halogenated alkanes) is 4. The molecule has 6 heteroatoms. The number of carboxylic acid groups (broad SMARTS) is 1. The van der Waals surface area contributed by atoms with Crippen molar-refractivity contribution in [2.24, 2.45) is 11.8 Å². The van der Waals surface area contributed by atoms with Crippen molar-refractivity contribution >= 4 is 28.9 Å². The maximum absolute atomic E-state index is 11.0. The number of alkyl halides is 1. The molecule has 1 aliphatic carbocycles. The van der Waals surface area contributed by atoms with Gasteiger partial charge in [0.05, 0.1) is 6.10 Å². The van der Waals surface area contributed by atoms with Crippen molar-refractivity contribution < 1.29 is 20.1 Å². The third-order valence-corrected chi connectivity index (χ3v) is 7.14. The Morgan fingerprint density at radius 2 is 1.77 bits per heavy atom. The number of aryl methyl sites for hydroxylation is 1. The monoisotopic (exact) mass is 402 g/mol. The van der Waals surface area contributed by atoms with Crippen LogP contribution in [0.2, 0.25) is 0 Å². The van der Waals surface area contributed by atoms with Gasteiger partial charge in [0.15, 0.2) is 0 Å². The van der Waals surface area contributed by atoms with Crippen molar-refractivity contribution in [2.45, 2.75) is 75.7 Å². The van der Waals surface area contributed by atoms with Crippen LogP contribution in [0.5, 0.6) is 0 Å². The van der Waals surface area contributed by atoms with Crippen molar-refractivity contribution in [3.63, 3.8) is 0 Å². The van der Waals surface area contributed by atoms with Crippen molar-refractivity contribution in [3.05, 3.63) is 21.9 Å². The van der Waals surface area contributed by atoms with E-state index in [4.69, 9.17) is 21.8 Å². The van der Waals surface area contributed by atoms with E-state index in [1.54, 1.807) is 6.07 Å². The van der Waals surface area contributed by atoms with Crippen LogP contribution in [0.3, 0.4) is 0 Å². The Balaban J connectivity index is 1.74. The minimum Gasteiger partial charge on any atom is -0.477 e. The lowest BCUT2D eigenvalue weighted by molar-refractivity contribution is 0.0702. The predicted molar refractivity (Wildman–Crippen MR) is 106 cm³/mol. The number of rotatable bonds is 12. The summed E-state index contributed by atoms with van der Waals surface area (Å²) in [6.07, 6.45) is 9.62. The quantitative estimate of drug-likeness (QED) is 0.349. The van der Waals surface area contributed by atoms with E-state index >= 15 is 0 Å². The second-order valence-corrected chi connectivity index (χ2v) is 9.12. The molecule has 3 N–H and O–H groups in total. The summed E-state index contributed by atoms with van der Waals surface area (Å²) in [5, 5.41) is 28.2. The van der Waals surface area contributed by atoms with E-state index in [1.807, 2.05) is 6.07 Å². The molecule has 0 radical (unpaired) electrons. The molecule has 0 bridgehead atoms. The first-order chi connectivity index (χ1) is 12.5. The fourth-order valence-corrected chi connectivity index (χ4v) is 5.48. The molecule has 1 aliphatic rings. The summed E-state index contributed by atoms with van der Waals surface area (Å²) < 4.78 is 0. The summed E-state index contributed by atoms with van der Waals surface area (Å²) in [4.78, 5) is 12.5. The Morgan fingerprint density at radius 3 is 2.46 bits per heavy atom. The van der Waals surface area contributed by atoms with Gasteiger partial charge in [-0.2, -0.15) is 0 Å². The molecule has 0 aromatic carbocycles. The van der Waals surface area contributed by atoms with Gasteiger partial charge in [0.1, 0.15) is 4.88 Å². The molecule has 4 nitrogen and oxygen atoms in total. The Bertz CT molecular complexity index is 548. The number of hydrogen-bond donors (Lipinski definition) is 3. The van der Waals surface area contributed by atoms with E-state index in [0.29, 0.717) is 17.2 Å². The third kappa shape index (κ3) is 6.52. The van der Waals surface area contributed by atoms with Crippen LogP contribution >= 0.6 is 22.9 Å². The number of carbonyl (C=O) groups is 1. The normalized spacial score (nSPS) is 25.7. The minimum atomic E-state index is -0.861. The zero-order chi connectivity index (χ0) is 18.9. The molecule has 4 atom stereocenters. The second kappa shape index (κ2) is 11.3. The zero-order valence-corrected chi connectivity index (χ0v) is 16.9. The number of halogens is 1. The van der Waals surface area contributed by atoms with E-state index in [2.05, 4.69) is 0 Å². The number of aliphatic hydroxyl groups excluding tert-OH is 2. The van der Waals surface area contributed by atoms with Crippen LogP contribution in [0.4, 0.5) is 0 Å². The highest BCUT2D eigenvalue weighted by molar-refractivity contribution is 7.13. The molecule has 148 valence electrons. The smallest absolute Gasteiger partial charge is 0.345 e. The molecular weight excluding hydrogens is 372 g/mol. The highest BCUT2D eigenvalue weighted by Crippen LogP contribution is 2.42. The number of thiophene rings is 1. The van der Waals surface area contributed by atoms with Gasteiger partial charge in [-0.15, -0.1) is 22.9 Å². The number of hydrogen-bond acceptors (Lipinski definition) is 4. The molecule has 1 saturated carbocycles. The fourth-order valence-electron chi connectivity index (χ4n) is 4.10. The lowest BCUT2D eigenvalue weighted by Crippen LogP contribution is -2.21. The Hall–Kier alpha value is -0.620. The highest BCUT2D eigenvalue weighted by Gasteiger charge is 2.40. The van der Waals surface area contributed by atoms with Crippen LogP contribution < -0.4 is 0 Å². The van der Waals surface area contributed by atoms with E-state index < -0.39 is 5.97 Å². The minimum absolute atomic E-state index is 0.0438. The summed E-state index contributed by atoms with van der Waals surface area (Å²) in [6, 6.07) is 3.57. The average molecular weight is 403 g/mol. The first kappa shape index (κ1) is 21.7. The molecular formula is C20H31ClO4S. The van der Waals surface area contributed by atoms with Crippen LogP contribution in [-0.4, -0.2) is 39.4 Å². The average Bonchev–Trinajstić information content (AvgIpc) is 3.17. The van der Waals surface area contributed by atoms with Crippen LogP contribution in [0.15, 0.2) is 12.1 Å². The Morgan fingerprint density at radius 1 is 1.08 bits per heavy atom. The summed E-state index contributed by atoms with van der Waals surface area (Å²) in [7, 11) is 0. The van der Waals surface area contributed by atoms with Crippen LogP contribution in [0.25, 0.3) is 0 Å². The number of aliphatic hydroxyl groups is 2. The molecule has 0 spiro atoms. The predicted octanol–water partition coefficient (Wildman–Crippen LogP) is 4.71. The number of carboxylic acids is 1. The van der Waals surface area contributed by atoms with E-state index in [1.165, 1.54) is 11.3 Å². The summed E-state index contributed by atoms with van der Waals surface area (Å²) in [6.45, 7) is 0.273. The molecule has 1 fully saturated rings. The van der Waals surface area contributed by atoms with Crippen molar-refractivity contribution in [1.29, 1.82) is 0 Å². The van der Waals surface area contributed by atoms with Crippen LogP contribution in [-0.2, 0) is 6.42 Å². The van der Waals surface area contributed by atoms with E-state index in [-0.39, 0.29) is 24.0 Å². The van der Waals surface area contributed by atoms with Crippen molar-refractivity contribution in [1.82, 2.24) is 0 Å². The standard InChI is InChI=1S/C20H31ClO4S/c21-17-13-18(23)16(8-4-2-1-3-5-12-22)15(17)9-6-7-14-10-11-19(26-14)20(24)25/h10-11,15-18,22-23H,1-9,12-13H2,(H,24,25)/t15-,16-,17-,18-/m1/s1. The molecule has 2 rings (SSSR count). The Labute approximate surface area is 165 Å². The second-order valence-electron chi connectivity index (χ2n) is 7.39. The lowest BCUT2D eigenvalue weighted by Gasteiger charge is -2.23. The summed E-state index contributed by atoms with van der Waals surface area (Å²) >= 11 is 7.86. The maximum atomic E-state index is 11.0. The van der Waals surface area contributed by atoms with Gasteiger partial charge in [-0.3, -0.25) is 0 Å². The van der Waals surface area contributed by atoms with Gasteiger partial charge in [-0.25, -0.2) is 4.79 Å². The third-order valence-electron chi connectivity index (χ3n) is 5.50. The summed E-state index contributed by atoms with van der Waals surface area (Å²) in [5.74, 6) is -0.226. The van der Waals surface area contributed by atoms with Gasteiger partial charge in [0, 0.05) is 16.9 Å². The molecule has 0 aliphatic heterocycles. The van der Waals surface area contributed by atoms with Crippen molar-refractivity contribution in [3.8, 4) is 0 Å². The first-order valence-electron chi connectivity index (χ1n) is 9.78.